The van der Waals surface area contributed by atoms with E-state index in [1.165, 1.54) is 10.4 Å². The first-order valence-corrected chi connectivity index (χ1v) is 7.70. The van der Waals surface area contributed by atoms with Gasteiger partial charge in [-0.15, -0.1) is 11.3 Å². The van der Waals surface area contributed by atoms with Crippen molar-refractivity contribution < 1.29 is 5.11 Å². The van der Waals surface area contributed by atoms with Crippen LogP contribution in [-0.2, 0) is 13.0 Å². The Bertz CT molecular complexity index is 521. The highest BCUT2D eigenvalue weighted by Crippen LogP contribution is 2.27. The van der Waals surface area contributed by atoms with Gasteiger partial charge in [-0.25, -0.2) is 0 Å². The van der Waals surface area contributed by atoms with Gasteiger partial charge in [0.15, 0.2) is 0 Å². The monoisotopic (exact) mass is 275 g/mol. The molecule has 0 bridgehead atoms. The van der Waals surface area contributed by atoms with Crippen LogP contribution in [0.3, 0.4) is 0 Å². The first-order chi connectivity index (χ1) is 9.26. The first kappa shape index (κ1) is 14.1. The van der Waals surface area contributed by atoms with Gasteiger partial charge in [0.05, 0.1) is 0 Å². The molecular formula is C16H21NOS. The van der Waals surface area contributed by atoms with Crippen LogP contribution in [0.2, 0.25) is 0 Å². The molecule has 1 aromatic heterocycles. The standard InChI is InChI=1S/C16H21NOS/c1-3-12-9-10-19-16(12)11-17-14(4-2)13-7-5-6-8-15(13)18/h5-10,14,17-18H,3-4,11H2,1-2H3. The summed E-state index contributed by atoms with van der Waals surface area (Å²) in [5, 5.41) is 15.6. The van der Waals surface area contributed by atoms with Crippen molar-refractivity contribution in [3.63, 3.8) is 0 Å². The van der Waals surface area contributed by atoms with Crippen LogP contribution in [0.15, 0.2) is 35.7 Å². The Morgan fingerprint density at radius 1 is 1.21 bits per heavy atom. The summed E-state index contributed by atoms with van der Waals surface area (Å²) in [6, 6.07) is 9.98. The van der Waals surface area contributed by atoms with E-state index in [2.05, 4.69) is 30.6 Å². The van der Waals surface area contributed by atoms with Crippen LogP contribution < -0.4 is 5.32 Å². The number of thiophene rings is 1. The zero-order valence-electron chi connectivity index (χ0n) is 11.5. The SMILES string of the molecule is CCc1ccsc1CNC(CC)c1ccccc1O. The van der Waals surface area contributed by atoms with E-state index in [-0.39, 0.29) is 6.04 Å². The predicted octanol–water partition coefficient (Wildman–Crippen LogP) is 4.26. The van der Waals surface area contributed by atoms with Crippen LogP contribution in [-0.4, -0.2) is 5.11 Å². The average Bonchev–Trinajstić information content (AvgIpc) is 2.88. The molecule has 1 unspecified atom stereocenters. The van der Waals surface area contributed by atoms with Crippen molar-refractivity contribution in [3.8, 4) is 5.75 Å². The smallest absolute Gasteiger partial charge is 0.120 e. The van der Waals surface area contributed by atoms with E-state index in [1.54, 1.807) is 17.4 Å². The van der Waals surface area contributed by atoms with Crippen molar-refractivity contribution in [3.05, 3.63) is 51.7 Å². The largest absolute Gasteiger partial charge is 0.508 e. The van der Waals surface area contributed by atoms with E-state index in [9.17, 15) is 5.11 Å². The first-order valence-electron chi connectivity index (χ1n) is 6.82. The summed E-state index contributed by atoms with van der Waals surface area (Å²) in [5.41, 5.74) is 2.41. The van der Waals surface area contributed by atoms with Gasteiger partial charge in [0.1, 0.15) is 5.75 Å². The lowest BCUT2D eigenvalue weighted by Crippen LogP contribution is -2.20. The number of rotatable bonds is 6. The number of hydrogen-bond acceptors (Lipinski definition) is 3. The molecule has 102 valence electrons. The maximum atomic E-state index is 9.93. The maximum absolute atomic E-state index is 9.93. The predicted molar refractivity (Wildman–Crippen MR) is 81.7 cm³/mol. The maximum Gasteiger partial charge on any atom is 0.120 e. The number of hydrogen-bond donors (Lipinski definition) is 2. The van der Waals surface area contributed by atoms with E-state index in [0.717, 1.165) is 24.9 Å². The van der Waals surface area contributed by atoms with Crippen LogP contribution in [0, 0.1) is 0 Å². The fraction of sp³-hybridized carbons (Fsp3) is 0.375. The van der Waals surface area contributed by atoms with Gasteiger partial charge in [-0.05, 0) is 35.9 Å². The van der Waals surface area contributed by atoms with Crippen LogP contribution in [0.5, 0.6) is 5.75 Å². The van der Waals surface area contributed by atoms with Crippen LogP contribution in [0.1, 0.15) is 42.3 Å². The van der Waals surface area contributed by atoms with E-state index in [4.69, 9.17) is 0 Å². The highest BCUT2D eigenvalue weighted by atomic mass is 32.1. The van der Waals surface area contributed by atoms with Gasteiger partial charge in [-0.1, -0.05) is 32.0 Å². The lowest BCUT2D eigenvalue weighted by atomic mass is 10.0. The second kappa shape index (κ2) is 6.73. The fourth-order valence-electron chi connectivity index (χ4n) is 2.31. The zero-order valence-corrected chi connectivity index (χ0v) is 12.3. The lowest BCUT2D eigenvalue weighted by Gasteiger charge is -2.18. The molecule has 0 saturated heterocycles. The van der Waals surface area contributed by atoms with Crippen molar-refractivity contribution in [1.29, 1.82) is 0 Å². The summed E-state index contributed by atoms with van der Waals surface area (Å²) in [5.74, 6) is 0.378. The lowest BCUT2D eigenvalue weighted by molar-refractivity contribution is 0.441. The van der Waals surface area contributed by atoms with Gasteiger partial charge < -0.3 is 10.4 Å². The Morgan fingerprint density at radius 2 is 2.00 bits per heavy atom. The Morgan fingerprint density at radius 3 is 2.68 bits per heavy atom. The molecule has 0 spiro atoms. The Kier molecular flexibility index (Phi) is 5.00. The molecule has 2 rings (SSSR count). The normalized spacial score (nSPS) is 12.5. The molecule has 2 nitrogen and oxygen atoms in total. The zero-order chi connectivity index (χ0) is 13.7. The third-order valence-corrected chi connectivity index (χ3v) is 4.41. The van der Waals surface area contributed by atoms with Crippen molar-refractivity contribution in [2.75, 3.05) is 0 Å². The fourth-order valence-corrected chi connectivity index (χ4v) is 3.24. The number of nitrogens with one attached hydrogen (secondary N) is 1. The Labute approximate surface area is 119 Å². The molecule has 0 fully saturated rings. The summed E-state index contributed by atoms with van der Waals surface area (Å²) in [7, 11) is 0. The van der Waals surface area contributed by atoms with Crippen LogP contribution in [0.25, 0.3) is 0 Å². The third kappa shape index (κ3) is 3.37. The third-order valence-electron chi connectivity index (χ3n) is 3.45. The van der Waals surface area contributed by atoms with Crippen molar-refractivity contribution in [2.45, 2.75) is 39.3 Å². The molecule has 1 heterocycles. The molecular weight excluding hydrogens is 254 g/mol. The van der Waals surface area contributed by atoms with E-state index in [1.807, 2.05) is 18.2 Å². The van der Waals surface area contributed by atoms with Crippen molar-refractivity contribution >= 4 is 11.3 Å². The highest BCUT2D eigenvalue weighted by molar-refractivity contribution is 7.10. The topological polar surface area (TPSA) is 32.3 Å². The number of phenolic OH excluding ortho intramolecular Hbond substituents is 1. The van der Waals surface area contributed by atoms with Gasteiger partial charge >= 0.3 is 0 Å². The van der Waals surface area contributed by atoms with Crippen LogP contribution in [0.4, 0.5) is 0 Å². The van der Waals surface area contributed by atoms with Crippen LogP contribution >= 0.6 is 11.3 Å². The van der Waals surface area contributed by atoms with Gasteiger partial charge in [0, 0.05) is 23.0 Å². The molecule has 0 aliphatic heterocycles. The second-order valence-corrected chi connectivity index (χ2v) is 5.62. The van der Waals surface area contributed by atoms with Gasteiger partial charge in [0.2, 0.25) is 0 Å². The number of phenols is 1. The van der Waals surface area contributed by atoms with E-state index in [0.29, 0.717) is 5.75 Å². The van der Waals surface area contributed by atoms with Gasteiger partial charge in [0.25, 0.3) is 0 Å². The number of aromatic hydroxyl groups is 1. The molecule has 0 saturated carbocycles. The number of aryl methyl sites for hydroxylation is 1. The Balaban J connectivity index is 2.06. The average molecular weight is 275 g/mol. The molecule has 0 aliphatic rings. The molecule has 0 aliphatic carbocycles. The Hall–Kier alpha value is -1.32. The molecule has 3 heteroatoms. The second-order valence-electron chi connectivity index (χ2n) is 4.62. The minimum atomic E-state index is 0.202. The molecule has 19 heavy (non-hydrogen) atoms. The molecule has 1 aromatic carbocycles. The highest BCUT2D eigenvalue weighted by Gasteiger charge is 2.13. The number of para-hydroxylation sites is 1. The molecule has 1 atom stereocenters. The molecule has 2 aromatic rings. The van der Waals surface area contributed by atoms with Gasteiger partial charge in [-0.2, -0.15) is 0 Å². The number of benzene rings is 1. The summed E-state index contributed by atoms with van der Waals surface area (Å²) in [4.78, 5) is 1.40. The quantitative estimate of drug-likeness (QED) is 0.825. The van der Waals surface area contributed by atoms with Crippen molar-refractivity contribution in [2.24, 2.45) is 0 Å². The molecule has 0 radical (unpaired) electrons. The van der Waals surface area contributed by atoms with E-state index < -0.39 is 0 Å². The van der Waals surface area contributed by atoms with Gasteiger partial charge in [-0.3, -0.25) is 0 Å². The summed E-state index contributed by atoms with van der Waals surface area (Å²) < 4.78 is 0. The molecule has 0 amide bonds. The minimum absolute atomic E-state index is 0.202. The summed E-state index contributed by atoms with van der Waals surface area (Å²) >= 11 is 1.80. The summed E-state index contributed by atoms with van der Waals surface area (Å²) in [6.45, 7) is 5.19. The summed E-state index contributed by atoms with van der Waals surface area (Å²) in [6.07, 6.45) is 2.04. The molecule has 2 N–H and O–H groups in total. The van der Waals surface area contributed by atoms with E-state index >= 15 is 0 Å². The minimum Gasteiger partial charge on any atom is -0.508 e. The van der Waals surface area contributed by atoms with Crippen molar-refractivity contribution in [1.82, 2.24) is 5.32 Å².